The van der Waals surface area contributed by atoms with Crippen LogP contribution in [0.2, 0.25) is 4.34 Å². The molecule has 1 atom stereocenters. The third kappa shape index (κ3) is 2.84. The molecule has 0 aliphatic carbocycles. The lowest BCUT2D eigenvalue weighted by atomic mass is 10.3. The first-order valence-electron chi connectivity index (χ1n) is 5.05. The minimum Gasteiger partial charge on any atom is -0.445 e. The maximum Gasteiger partial charge on any atom is 0.208 e. The fourth-order valence-corrected chi connectivity index (χ4v) is 2.47. The molecule has 0 bridgehead atoms. The molecular formula is C11H13ClN2OS. The highest BCUT2D eigenvalue weighted by Gasteiger charge is 2.09. The number of halogens is 1. The highest BCUT2D eigenvalue weighted by atomic mass is 35.5. The molecular weight excluding hydrogens is 244 g/mol. The summed E-state index contributed by atoms with van der Waals surface area (Å²) in [5.41, 5.74) is 0. The SMILES string of the molecule is Cc1cnc(CN[C@@H](C)c2ccc(Cl)s2)o1. The maximum atomic E-state index is 5.88. The van der Waals surface area contributed by atoms with Crippen molar-refractivity contribution in [3.63, 3.8) is 0 Å². The van der Waals surface area contributed by atoms with E-state index in [4.69, 9.17) is 16.0 Å². The summed E-state index contributed by atoms with van der Waals surface area (Å²) in [4.78, 5) is 5.35. The zero-order chi connectivity index (χ0) is 11.5. The summed E-state index contributed by atoms with van der Waals surface area (Å²) in [5, 5.41) is 3.34. The fourth-order valence-electron chi connectivity index (χ4n) is 1.39. The number of oxazole rings is 1. The second-order valence-corrected chi connectivity index (χ2v) is 5.36. The van der Waals surface area contributed by atoms with Crippen LogP contribution < -0.4 is 5.32 Å². The minimum atomic E-state index is 0.254. The van der Waals surface area contributed by atoms with E-state index in [0.717, 1.165) is 10.1 Å². The molecule has 0 fully saturated rings. The number of nitrogens with zero attached hydrogens (tertiary/aromatic N) is 1. The van der Waals surface area contributed by atoms with Gasteiger partial charge in [0.2, 0.25) is 5.89 Å². The zero-order valence-corrected chi connectivity index (χ0v) is 10.7. The molecule has 0 aliphatic rings. The molecule has 0 unspecified atom stereocenters. The molecule has 2 aromatic heterocycles. The summed E-state index contributed by atoms with van der Waals surface area (Å²) in [5.74, 6) is 1.55. The van der Waals surface area contributed by atoms with E-state index < -0.39 is 0 Å². The van der Waals surface area contributed by atoms with Gasteiger partial charge in [0, 0.05) is 10.9 Å². The van der Waals surface area contributed by atoms with Crippen LogP contribution in [0.1, 0.15) is 29.5 Å². The summed E-state index contributed by atoms with van der Waals surface area (Å²) in [6.07, 6.45) is 1.73. The molecule has 2 heterocycles. The van der Waals surface area contributed by atoms with E-state index in [1.807, 2.05) is 19.1 Å². The van der Waals surface area contributed by atoms with Crippen molar-refractivity contribution in [2.45, 2.75) is 26.4 Å². The first-order chi connectivity index (χ1) is 7.65. The van der Waals surface area contributed by atoms with Crippen LogP contribution in [0.5, 0.6) is 0 Å². The van der Waals surface area contributed by atoms with Crippen molar-refractivity contribution in [1.29, 1.82) is 0 Å². The molecule has 0 spiro atoms. The van der Waals surface area contributed by atoms with Gasteiger partial charge in [0.1, 0.15) is 5.76 Å². The van der Waals surface area contributed by atoms with Crippen molar-refractivity contribution in [1.82, 2.24) is 10.3 Å². The number of aromatic nitrogens is 1. The van der Waals surface area contributed by atoms with Crippen molar-refractivity contribution in [2.75, 3.05) is 0 Å². The lowest BCUT2D eigenvalue weighted by Gasteiger charge is -2.09. The molecule has 0 radical (unpaired) electrons. The van der Waals surface area contributed by atoms with Crippen LogP contribution in [0, 0.1) is 6.92 Å². The van der Waals surface area contributed by atoms with Gasteiger partial charge in [0.05, 0.1) is 17.1 Å². The van der Waals surface area contributed by atoms with E-state index in [9.17, 15) is 0 Å². The monoisotopic (exact) mass is 256 g/mol. The number of rotatable bonds is 4. The molecule has 16 heavy (non-hydrogen) atoms. The number of hydrogen-bond donors (Lipinski definition) is 1. The van der Waals surface area contributed by atoms with Crippen LogP contribution >= 0.6 is 22.9 Å². The molecule has 0 saturated heterocycles. The molecule has 0 aromatic carbocycles. The van der Waals surface area contributed by atoms with Crippen molar-refractivity contribution < 1.29 is 4.42 Å². The van der Waals surface area contributed by atoms with Gasteiger partial charge in [-0.2, -0.15) is 0 Å². The van der Waals surface area contributed by atoms with Gasteiger partial charge < -0.3 is 9.73 Å². The second-order valence-electron chi connectivity index (χ2n) is 3.61. The van der Waals surface area contributed by atoms with E-state index in [0.29, 0.717) is 12.4 Å². The lowest BCUT2D eigenvalue weighted by molar-refractivity contribution is 0.433. The van der Waals surface area contributed by atoms with Gasteiger partial charge in [-0.05, 0) is 26.0 Å². The van der Waals surface area contributed by atoms with Crippen LogP contribution in [0.3, 0.4) is 0 Å². The smallest absolute Gasteiger partial charge is 0.208 e. The molecule has 86 valence electrons. The van der Waals surface area contributed by atoms with Crippen LogP contribution in [-0.2, 0) is 6.54 Å². The molecule has 0 amide bonds. The Hall–Kier alpha value is -0.840. The van der Waals surface area contributed by atoms with Crippen LogP contribution in [0.4, 0.5) is 0 Å². The average Bonchev–Trinajstić information content (AvgIpc) is 2.84. The highest BCUT2D eigenvalue weighted by Crippen LogP contribution is 2.26. The normalized spacial score (nSPS) is 12.9. The Bertz CT molecular complexity index is 466. The Kier molecular flexibility index (Phi) is 3.63. The minimum absolute atomic E-state index is 0.254. The Morgan fingerprint density at radius 2 is 2.38 bits per heavy atom. The Labute approximate surface area is 103 Å². The van der Waals surface area contributed by atoms with Gasteiger partial charge in [-0.25, -0.2) is 4.98 Å². The summed E-state index contributed by atoms with van der Waals surface area (Å²) in [7, 11) is 0. The Morgan fingerprint density at radius 1 is 1.56 bits per heavy atom. The standard InChI is InChI=1S/C11H13ClN2OS/c1-7-5-14-11(15-7)6-13-8(2)9-3-4-10(12)16-9/h3-5,8,13H,6H2,1-2H3/t8-/m0/s1. The van der Waals surface area contributed by atoms with Crippen molar-refractivity contribution in [3.8, 4) is 0 Å². The number of hydrogen-bond acceptors (Lipinski definition) is 4. The van der Waals surface area contributed by atoms with Crippen molar-refractivity contribution in [2.24, 2.45) is 0 Å². The summed E-state index contributed by atoms with van der Waals surface area (Å²) in [6, 6.07) is 4.20. The van der Waals surface area contributed by atoms with Gasteiger partial charge in [-0.15, -0.1) is 11.3 Å². The molecule has 2 rings (SSSR count). The van der Waals surface area contributed by atoms with Crippen molar-refractivity contribution >= 4 is 22.9 Å². The van der Waals surface area contributed by atoms with Gasteiger partial charge in [-0.3, -0.25) is 0 Å². The highest BCUT2D eigenvalue weighted by molar-refractivity contribution is 7.16. The zero-order valence-electron chi connectivity index (χ0n) is 9.16. The summed E-state index contributed by atoms with van der Waals surface area (Å²) in [6.45, 7) is 4.61. The largest absolute Gasteiger partial charge is 0.445 e. The van der Waals surface area contributed by atoms with E-state index in [-0.39, 0.29) is 6.04 Å². The Morgan fingerprint density at radius 3 is 2.94 bits per heavy atom. The summed E-state index contributed by atoms with van der Waals surface area (Å²) >= 11 is 7.47. The third-order valence-electron chi connectivity index (χ3n) is 2.25. The molecule has 0 saturated carbocycles. The van der Waals surface area contributed by atoms with Crippen LogP contribution in [0.15, 0.2) is 22.7 Å². The third-order valence-corrected chi connectivity index (χ3v) is 3.66. The second kappa shape index (κ2) is 4.99. The fraction of sp³-hybridized carbons (Fsp3) is 0.364. The van der Waals surface area contributed by atoms with Crippen LogP contribution in [-0.4, -0.2) is 4.98 Å². The average molecular weight is 257 g/mol. The summed E-state index contributed by atoms with van der Waals surface area (Å²) < 4.78 is 6.19. The maximum absolute atomic E-state index is 5.88. The number of nitrogens with one attached hydrogen (secondary N) is 1. The van der Waals surface area contributed by atoms with Gasteiger partial charge in [-0.1, -0.05) is 11.6 Å². The molecule has 3 nitrogen and oxygen atoms in total. The first-order valence-corrected chi connectivity index (χ1v) is 6.24. The van der Waals surface area contributed by atoms with E-state index in [1.165, 1.54) is 4.88 Å². The molecule has 0 aliphatic heterocycles. The topological polar surface area (TPSA) is 38.1 Å². The van der Waals surface area contributed by atoms with Crippen LogP contribution in [0.25, 0.3) is 0 Å². The first kappa shape index (κ1) is 11.6. The predicted octanol–water partition coefficient (Wildman–Crippen LogP) is 3.55. The molecule has 1 N–H and O–H groups in total. The van der Waals surface area contributed by atoms with E-state index in [2.05, 4.69) is 17.2 Å². The number of thiophene rings is 1. The van der Waals surface area contributed by atoms with Gasteiger partial charge in [0.25, 0.3) is 0 Å². The van der Waals surface area contributed by atoms with E-state index >= 15 is 0 Å². The molecule has 5 heteroatoms. The van der Waals surface area contributed by atoms with Gasteiger partial charge in [0.15, 0.2) is 0 Å². The van der Waals surface area contributed by atoms with E-state index in [1.54, 1.807) is 17.5 Å². The Balaban J connectivity index is 1.91. The predicted molar refractivity (Wildman–Crippen MR) is 65.8 cm³/mol. The van der Waals surface area contributed by atoms with Crippen molar-refractivity contribution in [3.05, 3.63) is 39.2 Å². The molecule has 2 aromatic rings. The van der Waals surface area contributed by atoms with Gasteiger partial charge >= 0.3 is 0 Å². The lowest BCUT2D eigenvalue weighted by Crippen LogP contribution is -2.17. The number of aryl methyl sites for hydroxylation is 1. The quantitative estimate of drug-likeness (QED) is 0.909.